The van der Waals surface area contributed by atoms with E-state index in [4.69, 9.17) is 0 Å². The highest BCUT2D eigenvalue weighted by atomic mass is 15.3. The van der Waals surface area contributed by atoms with Crippen LogP contribution in [0, 0.1) is 6.92 Å². The van der Waals surface area contributed by atoms with Crippen molar-refractivity contribution in [3.05, 3.63) is 35.9 Å². The van der Waals surface area contributed by atoms with Gasteiger partial charge >= 0.3 is 0 Å². The van der Waals surface area contributed by atoms with Gasteiger partial charge in [-0.1, -0.05) is 24.3 Å². The molecule has 0 unspecified atom stereocenters. The lowest BCUT2D eigenvalue weighted by Crippen LogP contribution is -1.95. The van der Waals surface area contributed by atoms with Crippen molar-refractivity contribution < 1.29 is 0 Å². The molecule has 3 heteroatoms. The molecule has 0 aliphatic rings. The van der Waals surface area contributed by atoms with E-state index in [2.05, 4.69) is 35.5 Å². The molecule has 1 aromatic carbocycles. The van der Waals surface area contributed by atoms with Crippen molar-refractivity contribution in [1.82, 2.24) is 9.78 Å². The van der Waals surface area contributed by atoms with E-state index in [1.165, 1.54) is 11.1 Å². The fourth-order valence-electron chi connectivity index (χ4n) is 1.70. The summed E-state index contributed by atoms with van der Waals surface area (Å²) in [5.74, 6) is 0.899. The predicted octanol–water partition coefficient (Wildman–Crippen LogP) is 2.44. The minimum atomic E-state index is 0.899. The summed E-state index contributed by atoms with van der Waals surface area (Å²) < 4.78 is 1.90. The van der Waals surface area contributed by atoms with Gasteiger partial charge in [-0.2, -0.15) is 5.10 Å². The quantitative estimate of drug-likeness (QED) is 0.808. The van der Waals surface area contributed by atoms with E-state index in [9.17, 15) is 0 Å². The smallest absolute Gasteiger partial charge is 0.148 e. The van der Waals surface area contributed by atoms with Gasteiger partial charge in [0.2, 0.25) is 0 Å². The van der Waals surface area contributed by atoms with Crippen LogP contribution in [-0.4, -0.2) is 16.8 Å². The number of anilines is 1. The number of aromatic nitrogens is 2. The summed E-state index contributed by atoms with van der Waals surface area (Å²) >= 11 is 0. The Morgan fingerprint density at radius 1 is 1.27 bits per heavy atom. The molecule has 0 fully saturated rings. The zero-order valence-corrected chi connectivity index (χ0v) is 9.28. The van der Waals surface area contributed by atoms with E-state index in [0.29, 0.717) is 0 Å². The Kier molecular flexibility index (Phi) is 2.46. The molecule has 0 aliphatic heterocycles. The van der Waals surface area contributed by atoms with E-state index >= 15 is 0 Å². The number of nitrogens with zero attached hydrogens (tertiary/aromatic N) is 2. The number of benzene rings is 1. The molecule has 1 heterocycles. The van der Waals surface area contributed by atoms with E-state index in [1.54, 1.807) is 0 Å². The first kappa shape index (κ1) is 9.77. The van der Waals surface area contributed by atoms with E-state index < -0.39 is 0 Å². The van der Waals surface area contributed by atoms with Gasteiger partial charge in [0, 0.05) is 25.7 Å². The van der Waals surface area contributed by atoms with Crippen molar-refractivity contribution in [2.45, 2.75) is 6.92 Å². The molecule has 2 rings (SSSR count). The second kappa shape index (κ2) is 3.77. The number of nitrogens with one attached hydrogen (secondary N) is 1. The minimum absolute atomic E-state index is 0.899. The lowest BCUT2D eigenvalue weighted by molar-refractivity contribution is 0.778. The minimum Gasteiger partial charge on any atom is -0.372 e. The van der Waals surface area contributed by atoms with Crippen molar-refractivity contribution >= 4 is 5.82 Å². The van der Waals surface area contributed by atoms with Crippen LogP contribution in [0.15, 0.2) is 30.3 Å². The van der Waals surface area contributed by atoms with E-state index in [1.807, 2.05) is 30.9 Å². The topological polar surface area (TPSA) is 29.9 Å². The predicted molar refractivity (Wildman–Crippen MR) is 62.9 cm³/mol. The molecule has 0 spiro atoms. The molecule has 0 saturated heterocycles. The van der Waals surface area contributed by atoms with Crippen molar-refractivity contribution in [2.24, 2.45) is 7.05 Å². The maximum Gasteiger partial charge on any atom is 0.148 e. The number of aryl methyl sites for hydroxylation is 2. The second-order valence-electron chi connectivity index (χ2n) is 3.60. The molecule has 0 atom stereocenters. The normalized spacial score (nSPS) is 10.3. The Bertz CT molecular complexity index is 471. The van der Waals surface area contributed by atoms with Gasteiger partial charge in [0.1, 0.15) is 5.82 Å². The molecule has 15 heavy (non-hydrogen) atoms. The highest BCUT2D eigenvalue weighted by Crippen LogP contribution is 2.24. The van der Waals surface area contributed by atoms with Crippen LogP contribution in [0.1, 0.15) is 5.56 Å². The molecular weight excluding hydrogens is 186 g/mol. The largest absolute Gasteiger partial charge is 0.372 e. The zero-order chi connectivity index (χ0) is 10.8. The summed E-state index contributed by atoms with van der Waals surface area (Å²) in [6.07, 6.45) is 0. The van der Waals surface area contributed by atoms with Gasteiger partial charge in [-0.05, 0) is 12.5 Å². The summed E-state index contributed by atoms with van der Waals surface area (Å²) in [5.41, 5.74) is 3.63. The van der Waals surface area contributed by atoms with Crippen molar-refractivity contribution in [1.29, 1.82) is 0 Å². The molecule has 3 nitrogen and oxygen atoms in total. The van der Waals surface area contributed by atoms with Crippen LogP contribution in [-0.2, 0) is 7.05 Å². The monoisotopic (exact) mass is 201 g/mol. The van der Waals surface area contributed by atoms with Crippen LogP contribution >= 0.6 is 0 Å². The lowest BCUT2D eigenvalue weighted by Gasteiger charge is -2.04. The van der Waals surface area contributed by atoms with Crippen molar-refractivity contribution in [3.8, 4) is 11.3 Å². The average Bonchev–Trinajstić information content (AvgIpc) is 2.60. The van der Waals surface area contributed by atoms with Crippen LogP contribution in [0.25, 0.3) is 11.3 Å². The highest BCUT2D eigenvalue weighted by Gasteiger charge is 2.07. The van der Waals surface area contributed by atoms with Crippen LogP contribution in [0.5, 0.6) is 0 Å². The molecule has 1 N–H and O–H groups in total. The van der Waals surface area contributed by atoms with Gasteiger partial charge in [-0.3, -0.25) is 4.68 Å². The fraction of sp³-hybridized carbons (Fsp3) is 0.250. The molecule has 78 valence electrons. The van der Waals surface area contributed by atoms with Gasteiger partial charge in [0.05, 0.1) is 5.69 Å². The molecule has 0 aliphatic carbocycles. The Balaban J connectivity index is 2.54. The Hall–Kier alpha value is -1.77. The van der Waals surface area contributed by atoms with Crippen LogP contribution in [0.3, 0.4) is 0 Å². The molecule has 0 bridgehead atoms. The summed E-state index contributed by atoms with van der Waals surface area (Å²) in [6, 6.07) is 10.4. The number of rotatable bonds is 2. The Labute approximate surface area is 89.7 Å². The fourth-order valence-corrected chi connectivity index (χ4v) is 1.70. The van der Waals surface area contributed by atoms with E-state index in [0.717, 1.165) is 11.5 Å². The Morgan fingerprint density at radius 3 is 2.60 bits per heavy atom. The van der Waals surface area contributed by atoms with E-state index in [-0.39, 0.29) is 0 Å². The van der Waals surface area contributed by atoms with Gasteiger partial charge in [0.25, 0.3) is 0 Å². The van der Waals surface area contributed by atoms with Gasteiger partial charge in [-0.25, -0.2) is 0 Å². The summed E-state index contributed by atoms with van der Waals surface area (Å²) in [4.78, 5) is 0. The van der Waals surface area contributed by atoms with Crippen molar-refractivity contribution in [2.75, 3.05) is 12.4 Å². The Morgan fingerprint density at radius 2 is 2.00 bits per heavy atom. The zero-order valence-electron chi connectivity index (χ0n) is 9.28. The lowest BCUT2D eigenvalue weighted by atomic mass is 10.1. The molecule has 1 aromatic heterocycles. The molecule has 0 radical (unpaired) electrons. The van der Waals surface area contributed by atoms with Gasteiger partial charge < -0.3 is 5.32 Å². The maximum absolute atomic E-state index is 4.35. The highest BCUT2D eigenvalue weighted by molar-refractivity contribution is 5.66. The van der Waals surface area contributed by atoms with Crippen LogP contribution < -0.4 is 5.32 Å². The molecule has 2 aromatic rings. The third-order valence-electron chi connectivity index (χ3n) is 2.56. The SMILES string of the molecule is CNc1cc(-c2ccccc2C)n(C)n1. The second-order valence-corrected chi connectivity index (χ2v) is 3.60. The molecular formula is C12H15N3. The third-order valence-corrected chi connectivity index (χ3v) is 2.56. The number of hydrogen-bond acceptors (Lipinski definition) is 2. The standard InChI is InChI=1S/C12H15N3/c1-9-6-4-5-7-10(9)11-8-12(13-2)14-15(11)3/h4-8H,1-3H3,(H,13,14). The first-order chi connectivity index (χ1) is 7.22. The first-order valence-corrected chi connectivity index (χ1v) is 5.00. The maximum atomic E-state index is 4.35. The third kappa shape index (κ3) is 1.73. The average molecular weight is 201 g/mol. The summed E-state index contributed by atoms with van der Waals surface area (Å²) in [6.45, 7) is 2.11. The van der Waals surface area contributed by atoms with Crippen LogP contribution in [0.4, 0.5) is 5.82 Å². The molecule has 0 amide bonds. The summed E-state index contributed by atoms with van der Waals surface area (Å²) in [7, 11) is 3.84. The number of hydrogen-bond donors (Lipinski definition) is 1. The van der Waals surface area contributed by atoms with Gasteiger partial charge in [0.15, 0.2) is 0 Å². The summed E-state index contributed by atoms with van der Waals surface area (Å²) in [5, 5.41) is 7.40. The first-order valence-electron chi connectivity index (χ1n) is 5.00. The molecule has 0 saturated carbocycles. The van der Waals surface area contributed by atoms with Crippen LogP contribution in [0.2, 0.25) is 0 Å². The van der Waals surface area contributed by atoms with Gasteiger partial charge in [-0.15, -0.1) is 0 Å². The van der Waals surface area contributed by atoms with Crippen molar-refractivity contribution in [3.63, 3.8) is 0 Å².